The lowest BCUT2D eigenvalue weighted by atomic mass is 10.3. The number of methoxy groups -OCH3 is 1. The van der Waals surface area contributed by atoms with Gasteiger partial charge in [-0.25, -0.2) is 13.8 Å². The molecule has 0 spiro atoms. The number of pyridine rings is 1. The second kappa shape index (κ2) is 4.65. The number of hydrogen-bond donors (Lipinski definition) is 1. The first-order valence-electron chi connectivity index (χ1n) is 3.81. The Labute approximate surface area is 88.4 Å². The summed E-state index contributed by atoms with van der Waals surface area (Å²) in [6.07, 6.45) is -2.66. The third-order valence-corrected chi connectivity index (χ3v) is 2.35. The maximum absolute atomic E-state index is 12.5. The van der Waals surface area contributed by atoms with Gasteiger partial charge in [0.1, 0.15) is 11.4 Å². The van der Waals surface area contributed by atoms with Gasteiger partial charge in [-0.05, 0) is 22.0 Å². The van der Waals surface area contributed by atoms with Gasteiger partial charge in [0.05, 0.1) is 12.8 Å². The minimum atomic E-state index is -2.66. The second-order valence-electron chi connectivity index (χ2n) is 2.51. The molecule has 6 heteroatoms. The van der Waals surface area contributed by atoms with Crippen LogP contribution in [-0.2, 0) is 6.54 Å². The molecule has 0 unspecified atom stereocenters. The van der Waals surface area contributed by atoms with E-state index in [4.69, 9.17) is 10.5 Å². The van der Waals surface area contributed by atoms with Gasteiger partial charge in [-0.3, -0.25) is 0 Å². The number of aromatic nitrogens is 1. The van der Waals surface area contributed by atoms with Crippen molar-refractivity contribution >= 4 is 15.9 Å². The summed E-state index contributed by atoms with van der Waals surface area (Å²) in [6.45, 7) is 0.101. The van der Waals surface area contributed by atoms with E-state index in [9.17, 15) is 8.78 Å². The Morgan fingerprint density at radius 1 is 1.64 bits per heavy atom. The predicted molar refractivity (Wildman–Crippen MR) is 51.3 cm³/mol. The summed E-state index contributed by atoms with van der Waals surface area (Å²) in [4.78, 5) is 3.71. The monoisotopic (exact) mass is 266 g/mol. The molecule has 0 aliphatic rings. The Morgan fingerprint density at radius 3 is 2.71 bits per heavy atom. The summed E-state index contributed by atoms with van der Waals surface area (Å²) in [5.41, 5.74) is 5.34. The smallest absolute Gasteiger partial charge is 0.284 e. The van der Waals surface area contributed by atoms with Gasteiger partial charge >= 0.3 is 0 Å². The Balaban J connectivity index is 3.25. The molecule has 0 amide bonds. The van der Waals surface area contributed by atoms with Crippen LogP contribution in [0.5, 0.6) is 5.75 Å². The van der Waals surface area contributed by atoms with E-state index in [0.717, 1.165) is 0 Å². The highest BCUT2D eigenvalue weighted by Crippen LogP contribution is 2.30. The van der Waals surface area contributed by atoms with E-state index < -0.39 is 6.43 Å². The average Bonchev–Trinajstić information content (AvgIpc) is 2.16. The van der Waals surface area contributed by atoms with Gasteiger partial charge in [0, 0.05) is 11.0 Å². The molecule has 0 fully saturated rings. The molecule has 0 saturated carbocycles. The van der Waals surface area contributed by atoms with Crippen molar-refractivity contribution in [1.82, 2.24) is 4.98 Å². The van der Waals surface area contributed by atoms with Gasteiger partial charge in [0.15, 0.2) is 0 Å². The van der Waals surface area contributed by atoms with Gasteiger partial charge in [0.25, 0.3) is 6.43 Å². The summed E-state index contributed by atoms with van der Waals surface area (Å²) in [7, 11) is 1.32. The molecule has 3 nitrogen and oxygen atoms in total. The van der Waals surface area contributed by atoms with Crippen molar-refractivity contribution in [3.8, 4) is 5.75 Å². The lowest BCUT2D eigenvalue weighted by Gasteiger charge is -2.09. The summed E-state index contributed by atoms with van der Waals surface area (Å²) in [6, 6.07) is 1.44. The van der Waals surface area contributed by atoms with Crippen LogP contribution in [0, 0.1) is 0 Å². The Morgan fingerprint density at radius 2 is 2.29 bits per heavy atom. The van der Waals surface area contributed by atoms with Gasteiger partial charge < -0.3 is 10.5 Å². The van der Waals surface area contributed by atoms with Crippen LogP contribution in [0.1, 0.15) is 17.8 Å². The standard InChI is InChI=1S/C8H9BrF2N2O/c1-14-6-2-4(9)5(3-12)13-7(6)8(10)11/h2,8H,3,12H2,1H3. The predicted octanol–water partition coefficient (Wildman–Crippen LogP) is 2.25. The molecule has 0 saturated heterocycles. The molecule has 0 aliphatic heterocycles. The van der Waals surface area contributed by atoms with Gasteiger partial charge in [-0.15, -0.1) is 0 Å². The summed E-state index contributed by atoms with van der Waals surface area (Å²) in [5.74, 6) is 0.0593. The van der Waals surface area contributed by atoms with E-state index in [1.165, 1.54) is 13.2 Å². The van der Waals surface area contributed by atoms with Gasteiger partial charge in [-0.2, -0.15) is 0 Å². The van der Waals surface area contributed by atoms with Crippen molar-refractivity contribution in [2.75, 3.05) is 7.11 Å². The fourth-order valence-electron chi connectivity index (χ4n) is 0.989. The molecule has 1 heterocycles. The van der Waals surface area contributed by atoms with Crippen molar-refractivity contribution in [2.45, 2.75) is 13.0 Å². The van der Waals surface area contributed by atoms with Crippen LogP contribution in [0.4, 0.5) is 8.78 Å². The molecule has 0 aliphatic carbocycles. The number of ether oxygens (including phenoxy) is 1. The first-order chi connectivity index (χ1) is 6.60. The lowest BCUT2D eigenvalue weighted by Crippen LogP contribution is -2.05. The van der Waals surface area contributed by atoms with Crippen molar-refractivity contribution < 1.29 is 13.5 Å². The van der Waals surface area contributed by atoms with E-state index in [-0.39, 0.29) is 18.0 Å². The van der Waals surface area contributed by atoms with E-state index in [1.807, 2.05) is 0 Å². The van der Waals surface area contributed by atoms with Gasteiger partial charge in [-0.1, -0.05) is 0 Å². The summed E-state index contributed by atoms with van der Waals surface area (Å²) < 4.78 is 30.3. The SMILES string of the molecule is COc1cc(Br)c(CN)nc1C(F)F. The molecule has 0 bridgehead atoms. The number of rotatable bonds is 3. The zero-order valence-electron chi connectivity index (χ0n) is 7.43. The zero-order valence-corrected chi connectivity index (χ0v) is 9.01. The summed E-state index contributed by atoms with van der Waals surface area (Å²) in [5, 5.41) is 0. The minimum absolute atomic E-state index is 0.0593. The normalized spacial score (nSPS) is 10.7. The molecule has 0 atom stereocenters. The molecule has 1 rings (SSSR count). The third-order valence-electron chi connectivity index (χ3n) is 1.66. The largest absolute Gasteiger partial charge is 0.495 e. The molecule has 14 heavy (non-hydrogen) atoms. The highest BCUT2D eigenvalue weighted by Gasteiger charge is 2.18. The van der Waals surface area contributed by atoms with Crippen LogP contribution >= 0.6 is 15.9 Å². The molecule has 1 aromatic heterocycles. The van der Waals surface area contributed by atoms with Crippen molar-refractivity contribution in [2.24, 2.45) is 5.73 Å². The van der Waals surface area contributed by atoms with Crippen molar-refractivity contribution in [1.29, 1.82) is 0 Å². The highest BCUT2D eigenvalue weighted by molar-refractivity contribution is 9.10. The van der Waals surface area contributed by atoms with Crippen LogP contribution in [0.2, 0.25) is 0 Å². The minimum Gasteiger partial charge on any atom is -0.495 e. The number of hydrogen-bond acceptors (Lipinski definition) is 3. The van der Waals surface area contributed by atoms with Crippen LogP contribution in [-0.4, -0.2) is 12.1 Å². The maximum Gasteiger partial charge on any atom is 0.284 e. The van der Waals surface area contributed by atoms with Crippen LogP contribution in [0.3, 0.4) is 0 Å². The number of nitrogens with zero attached hydrogens (tertiary/aromatic N) is 1. The van der Waals surface area contributed by atoms with E-state index >= 15 is 0 Å². The molecular formula is C8H9BrF2N2O. The number of halogens is 3. The van der Waals surface area contributed by atoms with E-state index in [1.54, 1.807) is 0 Å². The molecule has 78 valence electrons. The quantitative estimate of drug-likeness (QED) is 0.913. The second-order valence-corrected chi connectivity index (χ2v) is 3.36. The summed E-state index contributed by atoms with van der Waals surface area (Å²) >= 11 is 3.16. The van der Waals surface area contributed by atoms with Gasteiger partial charge in [0.2, 0.25) is 0 Å². The van der Waals surface area contributed by atoms with Crippen LogP contribution in [0.15, 0.2) is 10.5 Å². The van der Waals surface area contributed by atoms with Crippen LogP contribution < -0.4 is 10.5 Å². The Kier molecular flexibility index (Phi) is 3.77. The fraction of sp³-hybridized carbons (Fsp3) is 0.375. The first kappa shape index (κ1) is 11.3. The molecule has 0 radical (unpaired) electrons. The van der Waals surface area contributed by atoms with E-state index in [2.05, 4.69) is 20.9 Å². The van der Waals surface area contributed by atoms with E-state index in [0.29, 0.717) is 10.2 Å². The molecule has 0 aromatic carbocycles. The lowest BCUT2D eigenvalue weighted by molar-refractivity contribution is 0.141. The van der Waals surface area contributed by atoms with Crippen LogP contribution in [0.25, 0.3) is 0 Å². The first-order valence-corrected chi connectivity index (χ1v) is 4.61. The fourth-order valence-corrected chi connectivity index (χ4v) is 1.45. The molecule has 2 N–H and O–H groups in total. The van der Waals surface area contributed by atoms with Crippen molar-refractivity contribution in [3.63, 3.8) is 0 Å². The zero-order chi connectivity index (χ0) is 10.7. The third kappa shape index (κ3) is 2.19. The topological polar surface area (TPSA) is 48.1 Å². The Bertz CT molecular complexity index is 333. The number of alkyl halides is 2. The maximum atomic E-state index is 12.5. The number of nitrogens with two attached hydrogens (primary N) is 1. The molecule has 1 aromatic rings. The average molecular weight is 267 g/mol. The Hall–Kier alpha value is -0.750. The van der Waals surface area contributed by atoms with Crippen molar-refractivity contribution in [3.05, 3.63) is 21.9 Å². The molecular weight excluding hydrogens is 258 g/mol. The highest BCUT2D eigenvalue weighted by atomic mass is 79.9.